The maximum absolute atomic E-state index is 12.4. The van der Waals surface area contributed by atoms with Gasteiger partial charge in [-0.15, -0.1) is 0 Å². The fourth-order valence-electron chi connectivity index (χ4n) is 3.14. The predicted octanol–water partition coefficient (Wildman–Crippen LogP) is 4.29. The highest BCUT2D eigenvalue weighted by Gasteiger charge is 2.22. The van der Waals surface area contributed by atoms with Crippen LogP contribution in [0.2, 0.25) is 0 Å². The van der Waals surface area contributed by atoms with Crippen molar-refractivity contribution in [2.45, 2.75) is 12.1 Å². The number of benzene rings is 2. The van der Waals surface area contributed by atoms with Crippen molar-refractivity contribution in [1.82, 2.24) is 19.5 Å². The molecule has 0 aliphatic heterocycles. The minimum absolute atomic E-state index is 0.00944. The number of nitrogens with one attached hydrogen (secondary N) is 1. The van der Waals surface area contributed by atoms with E-state index in [9.17, 15) is 9.90 Å². The molecule has 2 heterocycles. The molecular formula is C22H20N4O3S. The first-order valence-corrected chi connectivity index (χ1v) is 10.2. The number of nitrogens with zero attached hydrogens (tertiary/aromatic N) is 3. The molecule has 7 nitrogen and oxygen atoms in total. The number of para-hydroxylation sites is 3. The lowest BCUT2D eigenvalue weighted by atomic mass is 10.2. The fraction of sp³-hybridized carbons (Fsp3) is 0.136. The normalized spacial score (nSPS) is 12.1. The van der Waals surface area contributed by atoms with Crippen molar-refractivity contribution in [2.75, 3.05) is 12.9 Å². The lowest BCUT2D eigenvalue weighted by molar-refractivity contribution is -0.133. The Balaban J connectivity index is 1.65. The number of aliphatic hydroxyl groups is 1. The van der Waals surface area contributed by atoms with Crippen LogP contribution in [0.3, 0.4) is 0 Å². The van der Waals surface area contributed by atoms with Gasteiger partial charge in [0.15, 0.2) is 5.16 Å². The van der Waals surface area contributed by atoms with E-state index in [-0.39, 0.29) is 22.9 Å². The summed E-state index contributed by atoms with van der Waals surface area (Å²) in [4.78, 5) is 24.3. The van der Waals surface area contributed by atoms with Gasteiger partial charge in [-0.1, -0.05) is 42.1 Å². The van der Waals surface area contributed by atoms with Gasteiger partial charge in [-0.2, -0.15) is 0 Å². The summed E-state index contributed by atoms with van der Waals surface area (Å²) < 4.78 is 6.83. The van der Waals surface area contributed by atoms with Gasteiger partial charge in [0, 0.05) is 12.4 Å². The molecule has 0 saturated heterocycles. The number of H-pyrrole nitrogens is 1. The lowest BCUT2D eigenvalue weighted by Gasteiger charge is -2.11. The maximum atomic E-state index is 12.4. The van der Waals surface area contributed by atoms with E-state index in [1.54, 1.807) is 6.20 Å². The molecule has 0 amide bonds. The number of hydrogen-bond donors (Lipinski definition) is 2. The Labute approximate surface area is 177 Å². The van der Waals surface area contributed by atoms with Crippen molar-refractivity contribution < 1.29 is 14.6 Å². The molecule has 0 radical (unpaired) electrons. The summed E-state index contributed by atoms with van der Waals surface area (Å²) in [5.74, 6) is -0.396. The molecule has 152 valence electrons. The summed E-state index contributed by atoms with van der Waals surface area (Å²) in [5, 5.41) is 11.5. The topological polar surface area (TPSA) is 93.0 Å². The molecule has 0 aliphatic rings. The van der Waals surface area contributed by atoms with E-state index in [0.29, 0.717) is 10.7 Å². The molecule has 0 bridgehead atoms. The monoisotopic (exact) mass is 420 g/mol. The van der Waals surface area contributed by atoms with Crippen molar-refractivity contribution in [3.8, 4) is 5.69 Å². The molecule has 2 aromatic carbocycles. The lowest BCUT2D eigenvalue weighted by Crippen LogP contribution is -2.10. The third-order valence-electron chi connectivity index (χ3n) is 4.62. The molecule has 2 N–H and O–H groups in total. The molecule has 0 spiro atoms. The van der Waals surface area contributed by atoms with Gasteiger partial charge in [0.25, 0.3) is 0 Å². The molecule has 0 atom stereocenters. The number of aromatic nitrogens is 4. The second-order valence-corrected chi connectivity index (χ2v) is 7.51. The van der Waals surface area contributed by atoms with Crippen LogP contribution >= 0.6 is 11.8 Å². The molecule has 0 saturated carbocycles. The summed E-state index contributed by atoms with van der Waals surface area (Å²) in [5.41, 5.74) is 3.59. The van der Waals surface area contributed by atoms with Gasteiger partial charge in [-0.05, 0) is 30.7 Å². The van der Waals surface area contributed by atoms with Crippen LogP contribution in [0.15, 0.2) is 71.8 Å². The molecule has 2 aromatic heterocycles. The zero-order chi connectivity index (χ0) is 21.1. The van der Waals surface area contributed by atoms with Gasteiger partial charge >= 0.3 is 5.97 Å². The van der Waals surface area contributed by atoms with Gasteiger partial charge in [-0.3, -0.25) is 4.57 Å². The average Bonchev–Trinajstić information content (AvgIpc) is 3.39. The first-order chi connectivity index (χ1) is 14.6. The molecule has 0 aliphatic carbocycles. The Hall–Kier alpha value is -3.52. The molecule has 30 heavy (non-hydrogen) atoms. The number of ether oxygens (including phenoxy) is 1. The number of esters is 1. The number of aryl methyl sites for hydroxylation is 1. The van der Waals surface area contributed by atoms with Crippen LogP contribution in [-0.2, 0) is 9.53 Å². The Morgan fingerprint density at radius 3 is 2.73 bits per heavy atom. The van der Waals surface area contributed by atoms with Crippen molar-refractivity contribution in [1.29, 1.82) is 0 Å². The van der Waals surface area contributed by atoms with Crippen molar-refractivity contribution in [3.63, 3.8) is 0 Å². The van der Waals surface area contributed by atoms with Crippen molar-refractivity contribution in [2.24, 2.45) is 0 Å². The molecule has 8 heteroatoms. The second kappa shape index (κ2) is 8.46. The van der Waals surface area contributed by atoms with Crippen LogP contribution in [-0.4, -0.2) is 43.5 Å². The van der Waals surface area contributed by atoms with Crippen LogP contribution < -0.4 is 0 Å². The first-order valence-electron chi connectivity index (χ1n) is 9.26. The Morgan fingerprint density at radius 2 is 1.97 bits per heavy atom. The number of thioether (sulfide) groups is 1. The van der Waals surface area contributed by atoms with E-state index in [0.717, 1.165) is 16.8 Å². The summed E-state index contributed by atoms with van der Waals surface area (Å²) in [6, 6.07) is 15.4. The second-order valence-electron chi connectivity index (χ2n) is 6.57. The van der Waals surface area contributed by atoms with E-state index in [1.165, 1.54) is 18.9 Å². The first kappa shape index (κ1) is 19.8. The summed E-state index contributed by atoms with van der Waals surface area (Å²) in [6.45, 7) is 2.03. The molecule has 4 aromatic rings. The average molecular weight is 420 g/mol. The third kappa shape index (κ3) is 3.81. The highest BCUT2D eigenvalue weighted by molar-refractivity contribution is 7.99. The number of carbonyl (C=O) groups excluding carboxylic acids is 1. The minimum Gasteiger partial charge on any atom is -0.510 e. The number of rotatable bonds is 6. The Morgan fingerprint density at radius 1 is 1.20 bits per heavy atom. The van der Waals surface area contributed by atoms with Gasteiger partial charge < -0.3 is 14.8 Å². The smallest absolute Gasteiger partial charge is 0.345 e. The highest BCUT2D eigenvalue weighted by Crippen LogP contribution is 2.27. The standard InChI is InChI=1S/C22H20N4O3S/c1-14-7-3-6-10-17(14)26-12-11-23-22(26)30-13-18(27)19(21(28)29-2)20-24-15-8-4-5-9-16(15)25-20/h3-12,27H,13H2,1-2H3,(H,24,25)/b19-18+. The number of methoxy groups -OCH3 is 1. The number of carbonyl (C=O) groups is 1. The highest BCUT2D eigenvalue weighted by atomic mass is 32.2. The molecule has 0 unspecified atom stereocenters. The van der Waals surface area contributed by atoms with Gasteiger partial charge in [0.2, 0.25) is 0 Å². The maximum Gasteiger partial charge on any atom is 0.345 e. The van der Waals surface area contributed by atoms with Crippen molar-refractivity contribution in [3.05, 3.63) is 78.1 Å². The van der Waals surface area contributed by atoms with E-state index in [1.807, 2.05) is 66.2 Å². The zero-order valence-electron chi connectivity index (χ0n) is 16.5. The van der Waals surface area contributed by atoms with E-state index in [2.05, 4.69) is 15.0 Å². The number of aromatic amines is 1. The summed E-state index contributed by atoms with van der Waals surface area (Å²) >= 11 is 1.32. The van der Waals surface area contributed by atoms with Gasteiger partial charge in [0.1, 0.15) is 17.2 Å². The van der Waals surface area contributed by atoms with Gasteiger partial charge in [-0.25, -0.2) is 14.8 Å². The molecule has 4 rings (SSSR count). The van der Waals surface area contributed by atoms with E-state index in [4.69, 9.17) is 4.74 Å². The number of fused-ring (bicyclic) bond motifs is 1. The van der Waals surface area contributed by atoms with Crippen LogP contribution in [0.25, 0.3) is 22.3 Å². The van der Waals surface area contributed by atoms with Crippen LogP contribution in [0.5, 0.6) is 0 Å². The zero-order valence-corrected chi connectivity index (χ0v) is 17.3. The Bertz CT molecular complexity index is 1210. The summed E-state index contributed by atoms with van der Waals surface area (Å²) in [6.07, 6.45) is 3.57. The largest absolute Gasteiger partial charge is 0.510 e. The number of aliphatic hydroxyl groups excluding tert-OH is 1. The Kier molecular flexibility index (Phi) is 5.58. The SMILES string of the molecule is COC(=O)/C(=C(/O)CSc1nccn1-c1ccccc1C)c1nc2ccccc2[nH]1. The molecule has 0 fully saturated rings. The van der Waals surface area contributed by atoms with Crippen LogP contribution in [0.4, 0.5) is 0 Å². The van der Waals surface area contributed by atoms with Crippen molar-refractivity contribution >= 4 is 34.3 Å². The quantitative estimate of drug-likeness (QED) is 0.209. The predicted molar refractivity (Wildman–Crippen MR) is 117 cm³/mol. The third-order valence-corrected chi connectivity index (χ3v) is 5.60. The van der Waals surface area contributed by atoms with Gasteiger partial charge in [0.05, 0.1) is 29.6 Å². The number of imidazole rings is 2. The number of hydrogen-bond acceptors (Lipinski definition) is 6. The van der Waals surface area contributed by atoms with Crippen LogP contribution in [0, 0.1) is 6.92 Å². The fourth-order valence-corrected chi connectivity index (χ4v) is 3.99. The van der Waals surface area contributed by atoms with Crippen LogP contribution in [0.1, 0.15) is 11.4 Å². The van der Waals surface area contributed by atoms with E-state index >= 15 is 0 Å². The molecular weight excluding hydrogens is 400 g/mol. The summed E-state index contributed by atoms with van der Waals surface area (Å²) in [7, 11) is 1.27. The van der Waals surface area contributed by atoms with E-state index < -0.39 is 5.97 Å². The minimum atomic E-state index is -0.658.